The highest BCUT2D eigenvalue weighted by Crippen LogP contribution is 2.26. The summed E-state index contributed by atoms with van der Waals surface area (Å²) in [5, 5.41) is 8.96. The van der Waals surface area contributed by atoms with Crippen molar-refractivity contribution >= 4 is 34.9 Å². The molecule has 0 atom stereocenters. The van der Waals surface area contributed by atoms with Gasteiger partial charge >= 0.3 is 0 Å². The third-order valence-corrected chi connectivity index (χ3v) is 7.17. The Labute approximate surface area is 213 Å². The average molecular weight is 504 g/mol. The number of carbonyl (C=O) groups excluding carboxylic acids is 2. The number of hydrogen-bond donors (Lipinski definition) is 3. The lowest BCUT2D eigenvalue weighted by Gasteiger charge is -2.30. The van der Waals surface area contributed by atoms with E-state index < -0.39 is 5.91 Å². The largest absolute Gasteiger partial charge is 0.351 e. The molecule has 2 fully saturated rings. The van der Waals surface area contributed by atoms with E-state index in [-0.39, 0.29) is 17.1 Å². The van der Waals surface area contributed by atoms with Crippen molar-refractivity contribution in [3.05, 3.63) is 82.8 Å². The molecule has 0 unspecified atom stereocenters. The van der Waals surface area contributed by atoms with Gasteiger partial charge in [-0.1, -0.05) is 30.3 Å². The van der Waals surface area contributed by atoms with Gasteiger partial charge in [-0.15, -0.1) is 0 Å². The van der Waals surface area contributed by atoms with Crippen molar-refractivity contribution in [1.82, 2.24) is 20.6 Å². The third-order valence-electron chi connectivity index (χ3n) is 6.36. The average Bonchev–Trinajstić information content (AvgIpc) is 3.20. The SMILES string of the molecule is O=C1NC(=O)/C(=C/c2ccnc(N[C@H]3CC[C@H](NCc4cccc(-c5ccc(F)cc5)c4)CC3)n2)S1. The standard InChI is InChI=1S/C27H26FN5O2S/c28-20-6-4-18(5-7-20)19-3-1-2-17(14-19)16-30-21-8-10-22(11-9-21)31-26-29-13-12-23(32-26)15-24-25(34)33-27(35)36-24/h1-7,12-15,21-22,30H,8-11,16H2,(H,29,31,32)(H,33,34,35)/b24-15-/t21-,22-. The summed E-state index contributed by atoms with van der Waals surface area (Å²) in [6.45, 7) is 0.783. The maximum Gasteiger partial charge on any atom is 0.290 e. The molecule has 0 radical (unpaired) electrons. The zero-order valence-electron chi connectivity index (χ0n) is 19.5. The van der Waals surface area contributed by atoms with Gasteiger partial charge in [0.1, 0.15) is 5.82 Å². The Morgan fingerprint density at radius 3 is 2.53 bits per heavy atom. The van der Waals surface area contributed by atoms with Crippen LogP contribution in [0.2, 0.25) is 0 Å². The fourth-order valence-electron chi connectivity index (χ4n) is 4.47. The van der Waals surface area contributed by atoms with E-state index in [1.54, 1.807) is 30.5 Å². The highest BCUT2D eigenvalue weighted by molar-refractivity contribution is 8.18. The Balaban J connectivity index is 1.11. The molecule has 3 aromatic rings. The summed E-state index contributed by atoms with van der Waals surface area (Å²) in [7, 11) is 0. The van der Waals surface area contributed by atoms with Gasteiger partial charge in [-0.2, -0.15) is 0 Å². The summed E-state index contributed by atoms with van der Waals surface area (Å²) in [5.41, 5.74) is 3.87. The Morgan fingerprint density at radius 2 is 1.78 bits per heavy atom. The van der Waals surface area contributed by atoms with E-state index in [0.717, 1.165) is 55.1 Å². The first kappa shape index (κ1) is 24.1. The van der Waals surface area contributed by atoms with Crippen LogP contribution in [-0.2, 0) is 11.3 Å². The maximum absolute atomic E-state index is 13.2. The molecule has 36 heavy (non-hydrogen) atoms. The van der Waals surface area contributed by atoms with Crippen LogP contribution in [0.15, 0.2) is 65.7 Å². The Kier molecular flexibility index (Phi) is 7.39. The Bertz CT molecular complexity index is 1290. The number of carbonyl (C=O) groups is 2. The number of anilines is 1. The van der Waals surface area contributed by atoms with Gasteiger partial charge < -0.3 is 10.6 Å². The normalized spacial score (nSPS) is 21.0. The van der Waals surface area contributed by atoms with Gasteiger partial charge in [-0.3, -0.25) is 14.9 Å². The van der Waals surface area contributed by atoms with Crippen LogP contribution in [0.3, 0.4) is 0 Å². The zero-order valence-corrected chi connectivity index (χ0v) is 20.4. The third kappa shape index (κ3) is 6.16. The minimum atomic E-state index is -0.397. The molecule has 0 bridgehead atoms. The molecule has 1 saturated carbocycles. The van der Waals surface area contributed by atoms with E-state index in [9.17, 15) is 14.0 Å². The lowest BCUT2D eigenvalue weighted by atomic mass is 9.91. The minimum absolute atomic E-state index is 0.229. The molecule has 1 aromatic heterocycles. The lowest BCUT2D eigenvalue weighted by Crippen LogP contribution is -2.36. The summed E-state index contributed by atoms with van der Waals surface area (Å²) >= 11 is 0.873. The predicted molar refractivity (Wildman–Crippen MR) is 139 cm³/mol. The first-order valence-electron chi connectivity index (χ1n) is 11.9. The van der Waals surface area contributed by atoms with Gasteiger partial charge in [0.15, 0.2) is 0 Å². The van der Waals surface area contributed by atoms with E-state index in [4.69, 9.17) is 0 Å². The number of amides is 2. The molecule has 0 spiro atoms. The first-order valence-corrected chi connectivity index (χ1v) is 12.8. The van der Waals surface area contributed by atoms with Gasteiger partial charge in [0.25, 0.3) is 11.1 Å². The quantitative estimate of drug-likeness (QED) is 0.385. The maximum atomic E-state index is 13.2. The minimum Gasteiger partial charge on any atom is -0.351 e. The Morgan fingerprint density at radius 1 is 1.00 bits per heavy atom. The molecule has 2 aliphatic rings. The van der Waals surface area contributed by atoms with Gasteiger partial charge in [-0.05, 0) is 84.5 Å². The monoisotopic (exact) mass is 503 g/mol. The molecule has 3 N–H and O–H groups in total. The Hall–Kier alpha value is -3.56. The van der Waals surface area contributed by atoms with Crippen molar-refractivity contribution in [2.24, 2.45) is 0 Å². The molecule has 2 heterocycles. The van der Waals surface area contributed by atoms with Gasteiger partial charge in [0.05, 0.1) is 10.6 Å². The molecule has 1 aliphatic heterocycles. The van der Waals surface area contributed by atoms with E-state index >= 15 is 0 Å². The van der Waals surface area contributed by atoms with Crippen LogP contribution >= 0.6 is 11.8 Å². The van der Waals surface area contributed by atoms with Gasteiger partial charge in [0, 0.05) is 24.8 Å². The predicted octanol–water partition coefficient (Wildman–Crippen LogP) is 5.12. The van der Waals surface area contributed by atoms with Crippen LogP contribution in [0, 0.1) is 5.82 Å². The van der Waals surface area contributed by atoms with Crippen molar-refractivity contribution in [2.75, 3.05) is 5.32 Å². The molecule has 2 amide bonds. The molecule has 1 aliphatic carbocycles. The fraction of sp³-hybridized carbons (Fsp3) is 0.259. The molecular formula is C27H26FN5O2S. The van der Waals surface area contributed by atoms with Crippen molar-refractivity contribution in [1.29, 1.82) is 0 Å². The van der Waals surface area contributed by atoms with Gasteiger partial charge in [-0.25, -0.2) is 14.4 Å². The molecule has 7 nitrogen and oxygen atoms in total. The van der Waals surface area contributed by atoms with Crippen LogP contribution in [0.5, 0.6) is 0 Å². The number of rotatable bonds is 7. The van der Waals surface area contributed by atoms with Crippen LogP contribution < -0.4 is 16.0 Å². The zero-order chi connectivity index (χ0) is 24.9. The van der Waals surface area contributed by atoms with Crippen molar-refractivity contribution in [3.63, 3.8) is 0 Å². The second kappa shape index (κ2) is 11.0. The summed E-state index contributed by atoms with van der Waals surface area (Å²) in [6, 6.07) is 17.3. The van der Waals surface area contributed by atoms with Crippen molar-refractivity contribution < 1.29 is 14.0 Å². The number of halogens is 1. The summed E-state index contributed by atoms with van der Waals surface area (Å²) in [5.74, 6) is -0.104. The van der Waals surface area contributed by atoms with Crippen LogP contribution in [0.25, 0.3) is 17.2 Å². The number of imide groups is 1. The smallest absolute Gasteiger partial charge is 0.290 e. The van der Waals surface area contributed by atoms with E-state index in [1.165, 1.54) is 17.7 Å². The molecule has 5 rings (SSSR count). The molecule has 1 saturated heterocycles. The van der Waals surface area contributed by atoms with Crippen LogP contribution in [0.1, 0.15) is 36.9 Å². The molecule has 184 valence electrons. The summed E-state index contributed by atoms with van der Waals surface area (Å²) in [6.07, 6.45) is 7.32. The second-order valence-corrected chi connectivity index (χ2v) is 9.95. The van der Waals surface area contributed by atoms with Crippen LogP contribution in [0.4, 0.5) is 15.1 Å². The highest BCUT2D eigenvalue weighted by atomic mass is 32.2. The van der Waals surface area contributed by atoms with Gasteiger partial charge in [0.2, 0.25) is 5.95 Å². The number of hydrogen-bond acceptors (Lipinski definition) is 7. The number of aromatic nitrogens is 2. The second-order valence-electron chi connectivity index (χ2n) is 8.94. The number of thioether (sulfide) groups is 1. The molecule has 2 aromatic carbocycles. The summed E-state index contributed by atoms with van der Waals surface area (Å²) in [4.78, 5) is 32.2. The molecular weight excluding hydrogens is 477 g/mol. The van der Waals surface area contributed by atoms with E-state index in [0.29, 0.717) is 22.6 Å². The fourth-order valence-corrected chi connectivity index (χ4v) is 5.13. The molecule has 9 heteroatoms. The number of benzene rings is 2. The first-order chi connectivity index (χ1) is 17.5. The van der Waals surface area contributed by atoms with E-state index in [2.05, 4.69) is 38.1 Å². The summed E-state index contributed by atoms with van der Waals surface area (Å²) < 4.78 is 13.2. The number of nitrogens with zero attached hydrogens (tertiary/aromatic N) is 2. The van der Waals surface area contributed by atoms with Crippen LogP contribution in [-0.4, -0.2) is 33.2 Å². The van der Waals surface area contributed by atoms with Crippen molar-refractivity contribution in [2.45, 2.75) is 44.3 Å². The number of nitrogens with one attached hydrogen (secondary N) is 3. The topological polar surface area (TPSA) is 96.0 Å². The van der Waals surface area contributed by atoms with Crippen molar-refractivity contribution in [3.8, 4) is 11.1 Å². The lowest BCUT2D eigenvalue weighted by molar-refractivity contribution is -0.115. The highest BCUT2D eigenvalue weighted by Gasteiger charge is 2.25. The van der Waals surface area contributed by atoms with E-state index in [1.807, 2.05) is 12.1 Å².